The van der Waals surface area contributed by atoms with Crippen LogP contribution in [0.15, 0.2) is 24.3 Å². The second-order valence-electron chi connectivity index (χ2n) is 5.76. The first kappa shape index (κ1) is 15.7. The van der Waals surface area contributed by atoms with Crippen LogP contribution in [0, 0.1) is 5.41 Å². The fourth-order valence-electron chi connectivity index (χ4n) is 2.40. The molecule has 1 rings (SSSR count). The molecule has 1 aromatic carbocycles. The van der Waals surface area contributed by atoms with Crippen molar-refractivity contribution >= 4 is 5.97 Å². The van der Waals surface area contributed by atoms with E-state index in [9.17, 15) is 4.79 Å². The highest BCUT2D eigenvalue weighted by atomic mass is 16.5. The summed E-state index contributed by atoms with van der Waals surface area (Å²) in [5.74, 6) is 0.301. The van der Waals surface area contributed by atoms with Crippen molar-refractivity contribution in [2.24, 2.45) is 5.41 Å². The lowest BCUT2D eigenvalue weighted by Crippen LogP contribution is -2.39. The Morgan fingerprint density at radius 1 is 1.16 bits per heavy atom. The van der Waals surface area contributed by atoms with E-state index in [0.717, 1.165) is 5.56 Å². The van der Waals surface area contributed by atoms with E-state index in [4.69, 9.17) is 4.74 Å². The average Bonchev–Trinajstić information content (AvgIpc) is 2.38. The molecule has 0 aliphatic carbocycles. The molecule has 3 heteroatoms. The summed E-state index contributed by atoms with van der Waals surface area (Å²) in [4.78, 5) is 11.9. The zero-order valence-corrected chi connectivity index (χ0v) is 12.8. The summed E-state index contributed by atoms with van der Waals surface area (Å²) in [6, 6.07) is 8.35. The first-order valence-corrected chi connectivity index (χ1v) is 6.70. The topological polar surface area (TPSA) is 38.3 Å². The molecule has 19 heavy (non-hydrogen) atoms. The molecule has 106 valence electrons. The molecule has 0 saturated carbocycles. The lowest BCUT2D eigenvalue weighted by atomic mass is 9.80. The highest BCUT2D eigenvalue weighted by molar-refractivity contribution is 5.77. The van der Waals surface area contributed by atoms with Gasteiger partial charge in [-0.1, -0.05) is 38.1 Å². The normalized spacial score (nSPS) is 13.4. The Hall–Kier alpha value is -1.35. The van der Waals surface area contributed by atoms with E-state index in [1.807, 2.05) is 20.9 Å². The van der Waals surface area contributed by atoms with Crippen LogP contribution in [0.5, 0.6) is 0 Å². The van der Waals surface area contributed by atoms with Crippen LogP contribution in [0.3, 0.4) is 0 Å². The zero-order valence-electron chi connectivity index (χ0n) is 12.8. The highest BCUT2D eigenvalue weighted by Crippen LogP contribution is 2.34. The van der Waals surface area contributed by atoms with Gasteiger partial charge in [-0.3, -0.25) is 4.79 Å². The second kappa shape index (κ2) is 6.20. The number of carbonyl (C=O) groups is 1. The molecule has 0 radical (unpaired) electrons. The molecule has 1 N–H and O–H groups in total. The van der Waals surface area contributed by atoms with Crippen molar-refractivity contribution in [1.82, 2.24) is 5.32 Å². The van der Waals surface area contributed by atoms with E-state index >= 15 is 0 Å². The fraction of sp³-hybridized carbons (Fsp3) is 0.562. The van der Waals surface area contributed by atoms with Gasteiger partial charge in [0, 0.05) is 6.04 Å². The number of methoxy groups -OCH3 is 1. The second-order valence-corrected chi connectivity index (χ2v) is 5.76. The Balaban J connectivity index is 3.06. The summed E-state index contributed by atoms with van der Waals surface area (Å²) >= 11 is 0. The Morgan fingerprint density at radius 2 is 1.63 bits per heavy atom. The molecular weight excluding hydrogens is 238 g/mol. The molecule has 0 fully saturated rings. The predicted octanol–water partition coefficient (Wildman–Crippen LogP) is 3.27. The zero-order chi connectivity index (χ0) is 14.6. The number of hydrogen-bond acceptors (Lipinski definition) is 3. The quantitative estimate of drug-likeness (QED) is 0.829. The van der Waals surface area contributed by atoms with Crippen LogP contribution in [-0.4, -0.2) is 20.1 Å². The van der Waals surface area contributed by atoms with Crippen LogP contribution < -0.4 is 5.32 Å². The number of nitrogens with one attached hydrogen (secondary N) is 1. The van der Waals surface area contributed by atoms with Crippen molar-refractivity contribution in [1.29, 1.82) is 0 Å². The van der Waals surface area contributed by atoms with Crippen LogP contribution in [0.4, 0.5) is 0 Å². The van der Waals surface area contributed by atoms with Crippen molar-refractivity contribution in [2.45, 2.75) is 39.7 Å². The summed E-state index contributed by atoms with van der Waals surface area (Å²) in [5, 5.41) is 3.22. The Kier molecular flexibility index (Phi) is 5.12. The predicted molar refractivity (Wildman–Crippen MR) is 78.1 cm³/mol. The molecule has 3 nitrogen and oxygen atoms in total. The summed E-state index contributed by atoms with van der Waals surface area (Å²) in [6.07, 6.45) is 0. The van der Waals surface area contributed by atoms with Gasteiger partial charge in [0.2, 0.25) is 0 Å². The largest absolute Gasteiger partial charge is 0.469 e. The average molecular weight is 263 g/mol. The lowest BCUT2D eigenvalue weighted by Gasteiger charge is -2.32. The van der Waals surface area contributed by atoms with Crippen molar-refractivity contribution < 1.29 is 9.53 Å². The molecule has 0 bridgehead atoms. The van der Waals surface area contributed by atoms with Crippen molar-refractivity contribution in [3.05, 3.63) is 35.4 Å². The summed E-state index contributed by atoms with van der Waals surface area (Å²) in [5.41, 5.74) is 1.79. The van der Waals surface area contributed by atoms with E-state index in [2.05, 4.69) is 43.4 Å². The van der Waals surface area contributed by atoms with Gasteiger partial charge in [0.15, 0.2) is 0 Å². The van der Waals surface area contributed by atoms with Gasteiger partial charge in [-0.2, -0.15) is 0 Å². The molecule has 1 unspecified atom stereocenters. The molecule has 1 atom stereocenters. The molecule has 1 aromatic rings. The molecule has 0 saturated heterocycles. The van der Waals surface area contributed by atoms with Gasteiger partial charge < -0.3 is 10.1 Å². The minimum atomic E-state index is -0.608. The lowest BCUT2D eigenvalue weighted by molar-refractivity contribution is -0.152. The van der Waals surface area contributed by atoms with Crippen molar-refractivity contribution in [2.75, 3.05) is 14.2 Å². The summed E-state index contributed by atoms with van der Waals surface area (Å²) in [6.45, 7) is 8.14. The third-order valence-corrected chi connectivity index (χ3v) is 3.66. The maximum Gasteiger partial charge on any atom is 0.313 e. The molecule has 0 heterocycles. The molecule has 0 aliphatic rings. The monoisotopic (exact) mass is 263 g/mol. The third-order valence-electron chi connectivity index (χ3n) is 3.66. The minimum absolute atomic E-state index is 0.0684. The summed E-state index contributed by atoms with van der Waals surface area (Å²) in [7, 11) is 3.30. The standard InChI is InChI=1S/C16H25NO2/c1-11(2)12-7-9-13(10-8-12)14(17-5)16(3,4)15(18)19-6/h7-11,14,17H,1-6H3. The number of rotatable bonds is 5. The first-order chi connectivity index (χ1) is 8.84. The number of hydrogen-bond donors (Lipinski definition) is 1. The minimum Gasteiger partial charge on any atom is -0.469 e. The Labute approximate surface area is 116 Å². The molecule has 0 spiro atoms. The Morgan fingerprint density at radius 3 is 2.00 bits per heavy atom. The Bertz CT molecular complexity index is 421. The molecule has 0 amide bonds. The maximum atomic E-state index is 11.9. The molecular formula is C16H25NO2. The van der Waals surface area contributed by atoms with Gasteiger partial charge >= 0.3 is 5.97 Å². The van der Waals surface area contributed by atoms with E-state index in [0.29, 0.717) is 5.92 Å². The van der Waals surface area contributed by atoms with Crippen LogP contribution in [0.1, 0.15) is 50.8 Å². The van der Waals surface area contributed by atoms with E-state index < -0.39 is 5.41 Å². The van der Waals surface area contributed by atoms with Crippen LogP contribution in [-0.2, 0) is 9.53 Å². The third kappa shape index (κ3) is 3.35. The molecule has 0 aromatic heterocycles. The van der Waals surface area contributed by atoms with Gasteiger partial charge in [0.25, 0.3) is 0 Å². The van der Waals surface area contributed by atoms with Crippen LogP contribution in [0.2, 0.25) is 0 Å². The number of esters is 1. The molecule has 0 aliphatic heterocycles. The van der Waals surface area contributed by atoms with E-state index in [1.165, 1.54) is 12.7 Å². The SMILES string of the molecule is CNC(c1ccc(C(C)C)cc1)C(C)(C)C(=O)OC. The number of ether oxygens (including phenoxy) is 1. The van der Waals surface area contributed by atoms with Gasteiger partial charge in [0.1, 0.15) is 0 Å². The van der Waals surface area contributed by atoms with Crippen molar-refractivity contribution in [3.63, 3.8) is 0 Å². The van der Waals surface area contributed by atoms with Crippen LogP contribution in [0.25, 0.3) is 0 Å². The van der Waals surface area contributed by atoms with Gasteiger partial charge in [-0.25, -0.2) is 0 Å². The van der Waals surface area contributed by atoms with Crippen LogP contribution >= 0.6 is 0 Å². The summed E-state index contributed by atoms with van der Waals surface area (Å²) < 4.78 is 4.90. The fourth-order valence-corrected chi connectivity index (χ4v) is 2.40. The number of carbonyl (C=O) groups excluding carboxylic acids is 1. The van der Waals surface area contributed by atoms with E-state index in [1.54, 1.807) is 0 Å². The van der Waals surface area contributed by atoms with Crippen molar-refractivity contribution in [3.8, 4) is 0 Å². The van der Waals surface area contributed by atoms with Gasteiger partial charge in [0.05, 0.1) is 12.5 Å². The number of benzene rings is 1. The van der Waals surface area contributed by atoms with E-state index in [-0.39, 0.29) is 12.0 Å². The smallest absolute Gasteiger partial charge is 0.313 e. The van der Waals surface area contributed by atoms with Gasteiger partial charge in [-0.05, 0) is 37.9 Å². The first-order valence-electron chi connectivity index (χ1n) is 6.70. The van der Waals surface area contributed by atoms with Gasteiger partial charge in [-0.15, -0.1) is 0 Å². The highest BCUT2D eigenvalue weighted by Gasteiger charge is 2.37. The maximum absolute atomic E-state index is 11.9.